The van der Waals surface area contributed by atoms with Gasteiger partial charge in [-0.15, -0.1) is 0 Å². The predicted octanol–water partition coefficient (Wildman–Crippen LogP) is 1.50. The van der Waals surface area contributed by atoms with Crippen molar-refractivity contribution in [1.82, 2.24) is 19.3 Å². The van der Waals surface area contributed by atoms with E-state index >= 15 is 0 Å². The van der Waals surface area contributed by atoms with Crippen LogP contribution in [-0.2, 0) is 13.5 Å². The molecule has 2 aromatic heterocycles. The second-order valence-electron chi connectivity index (χ2n) is 4.03. The van der Waals surface area contributed by atoms with E-state index in [0.29, 0.717) is 12.0 Å². The van der Waals surface area contributed by atoms with Crippen molar-refractivity contribution in [3.63, 3.8) is 0 Å². The summed E-state index contributed by atoms with van der Waals surface area (Å²) in [5, 5.41) is 4.43. The highest BCUT2D eigenvalue weighted by atomic mass is 15.4. The highest BCUT2D eigenvalue weighted by Crippen LogP contribution is 2.24. The van der Waals surface area contributed by atoms with Gasteiger partial charge in [0.1, 0.15) is 5.52 Å². The molecule has 0 aromatic carbocycles. The lowest BCUT2D eigenvalue weighted by Gasteiger charge is -2.09. The van der Waals surface area contributed by atoms with E-state index in [1.807, 2.05) is 16.3 Å². The van der Waals surface area contributed by atoms with Crippen LogP contribution >= 0.6 is 0 Å². The molecule has 0 unspecified atom stereocenters. The zero-order valence-electron chi connectivity index (χ0n) is 9.65. The summed E-state index contributed by atoms with van der Waals surface area (Å²) in [7, 11) is 1.93. The van der Waals surface area contributed by atoms with E-state index < -0.39 is 0 Å². The summed E-state index contributed by atoms with van der Waals surface area (Å²) in [4.78, 5) is 4.38. The van der Waals surface area contributed by atoms with Gasteiger partial charge in [0.15, 0.2) is 5.65 Å². The average Bonchev–Trinajstić information content (AvgIpc) is 2.63. The zero-order chi connectivity index (χ0) is 11.2. The van der Waals surface area contributed by atoms with Gasteiger partial charge in [0, 0.05) is 13.1 Å². The first-order valence-corrected chi connectivity index (χ1v) is 5.25. The smallest absolute Gasteiger partial charge is 0.202 e. The normalized spacial score (nSPS) is 11.8. The van der Waals surface area contributed by atoms with Gasteiger partial charge in [-0.25, -0.2) is 4.98 Å². The van der Waals surface area contributed by atoms with Crippen LogP contribution in [0.4, 0.5) is 5.95 Å². The lowest BCUT2D eigenvalue weighted by Crippen LogP contribution is -2.08. The molecule has 0 saturated heterocycles. The largest absolute Gasteiger partial charge is 0.369 e. The number of aromatic nitrogens is 4. The molecule has 0 spiro atoms. The van der Waals surface area contributed by atoms with Crippen LogP contribution in [-0.4, -0.2) is 19.3 Å². The molecule has 0 aliphatic rings. The van der Waals surface area contributed by atoms with E-state index in [9.17, 15) is 0 Å². The number of imidazole rings is 1. The van der Waals surface area contributed by atoms with Gasteiger partial charge in [0.05, 0.1) is 5.69 Å². The number of hydrogen-bond acceptors (Lipinski definition) is 3. The molecular formula is C10H17N5. The summed E-state index contributed by atoms with van der Waals surface area (Å²) in [6.45, 7) is 6.26. The second kappa shape index (κ2) is 3.25. The van der Waals surface area contributed by atoms with Crippen LogP contribution in [0.1, 0.15) is 32.5 Å². The Kier molecular flexibility index (Phi) is 2.17. The third-order valence-electron chi connectivity index (χ3n) is 2.62. The molecule has 0 aliphatic heterocycles. The number of nitrogens with two attached hydrogens (primary N) is 1. The van der Waals surface area contributed by atoms with E-state index in [1.54, 1.807) is 0 Å². The number of nitrogen functional groups attached to an aromatic ring is 1. The van der Waals surface area contributed by atoms with E-state index in [4.69, 9.17) is 5.73 Å². The fourth-order valence-corrected chi connectivity index (χ4v) is 1.97. The van der Waals surface area contributed by atoms with Gasteiger partial charge in [-0.05, 0) is 20.3 Å². The number of hydrogen-bond donors (Lipinski definition) is 1. The summed E-state index contributed by atoms with van der Waals surface area (Å²) < 4.78 is 3.87. The van der Waals surface area contributed by atoms with Gasteiger partial charge >= 0.3 is 0 Å². The summed E-state index contributed by atoms with van der Waals surface area (Å²) in [5.74, 6) is 0.572. The van der Waals surface area contributed by atoms with Crippen molar-refractivity contribution in [2.75, 3.05) is 5.73 Å². The van der Waals surface area contributed by atoms with Crippen molar-refractivity contribution in [2.24, 2.45) is 7.05 Å². The molecule has 2 N–H and O–H groups in total. The van der Waals surface area contributed by atoms with E-state index in [1.165, 1.54) is 0 Å². The fourth-order valence-electron chi connectivity index (χ4n) is 1.97. The highest BCUT2D eigenvalue weighted by molar-refractivity contribution is 5.77. The van der Waals surface area contributed by atoms with E-state index in [-0.39, 0.29) is 0 Å². The van der Waals surface area contributed by atoms with Gasteiger partial charge in [0.25, 0.3) is 0 Å². The number of anilines is 1. The predicted molar refractivity (Wildman–Crippen MR) is 60.7 cm³/mol. The Morgan fingerprint density at radius 3 is 2.60 bits per heavy atom. The van der Waals surface area contributed by atoms with Crippen LogP contribution in [0.5, 0.6) is 0 Å². The van der Waals surface area contributed by atoms with Crippen LogP contribution in [0.2, 0.25) is 0 Å². The lowest BCUT2D eigenvalue weighted by atomic mass is 10.3. The maximum atomic E-state index is 5.90. The van der Waals surface area contributed by atoms with Gasteiger partial charge in [-0.2, -0.15) is 5.10 Å². The number of fused-ring (bicyclic) bond motifs is 1. The minimum Gasteiger partial charge on any atom is -0.369 e. The number of aryl methyl sites for hydroxylation is 2. The van der Waals surface area contributed by atoms with Gasteiger partial charge in [-0.1, -0.05) is 6.92 Å². The third kappa shape index (κ3) is 1.30. The van der Waals surface area contributed by atoms with Crippen molar-refractivity contribution in [2.45, 2.75) is 33.2 Å². The monoisotopic (exact) mass is 207 g/mol. The molecule has 2 aromatic rings. The zero-order valence-corrected chi connectivity index (χ0v) is 9.65. The number of rotatable bonds is 2. The van der Waals surface area contributed by atoms with E-state index in [0.717, 1.165) is 23.3 Å². The average molecular weight is 207 g/mol. The van der Waals surface area contributed by atoms with Crippen molar-refractivity contribution in [1.29, 1.82) is 0 Å². The van der Waals surface area contributed by atoms with Crippen LogP contribution in [0.25, 0.3) is 11.2 Å². The molecule has 5 heteroatoms. The summed E-state index contributed by atoms with van der Waals surface area (Å²) in [6, 6.07) is 0.301. The molecule has 0 fully saturated rings. The first-order chi connectivity index (χ1) is 7.06. The maximum absolute atomic E-state index is 5.90. The Morgan fingerprint density at radius 2 is 2.07 bits per heavy atom. The second-order valence-corrected chi connectivity index (χ2v) is 4.03. The quantitative estimate of drug-likeness (QED) is 0.811. The molecule has 0 radical (unpaired) electrons. The minimum absolute atomic E-state index is 0.301. The topological polar surface area (TPSA) is 61.7 Å². The molecule has 0 saturated carbocycles. The Balaban J connectivity index is 2.81. The minimum atomic E-state index is 0.301. The third-order valence-corrected chi connectivity index (χ3v) is 2.62. The van der Waals surface area contributed by atoms with Gasteiger partial charge < -0.3 is 5.73 Å². The van der Waals surface area contributed by atoms with Crippen molar-refractivity contribution in [3.8, 4) is 0 Å². The summed E-state index contributed by atoms with van der Waals surface area (Å²) >= 11 is 0. The molecule has 15 heavy (non-hydrogen) atoms. The van der Waals surface area contributed by atoms with Crippen molar-refractivity contribution in [3.05, 3.63) is 5.69 Å². The van der Waals surface area contributed by atoms with E-state index in [2.05, 4.69) is 30.9 Å². The number of nitrogens with zero attached hydrogens (tertiary/aromatic N) is 4. The molecule has 0 amide bonds. The van der Waals surface area contributed by atoms with Crippen LogP contribution in [0.3, 0.4) is 0 Å². The molecule has 5 nitrogen and oxygen atoms in total. The molecule has 0 aliphatic carbocycles. The SMILES string of the molecule is CCc1nn(C)c2c1nc(N)n2C(C)C. The molecule has 2 rings (SSSR count). The Labute approximate surface area is 88.9 Å². The lowest BCUT2D eigenvalue weighted by molar-refractivity contribution is 0.602. The summed E-state index contributed by atoms with van der Waals surface area (Å²) in [5.41, 5.74) is 8.86. The van der Waals surface area contributed by atoms with Crippen LogP contribution in [0.15, 0.2) is 0 Å². The Morgan fingerprint density at radius 1 is 1.40 bits per heavy atom. The van der Waals surface area contributed by atoms with Crippen LogP contribution in [0, 0.1) is 0 Å². The fraction of sp³-hybridized carbons (Fsp3) is 0.600. The highest BCUT2D eigenvalue weighted by Gasteiger charge is 2.18. The first-order valence-electron chi connectivity index (χ1n) is 5.25. The van der Waals surface area contributed by atoms with Crippen LogP contribution < -0.4 is 5.73 Å². The molecule has 82 valence electrons. The Hall–Kier alpha value is -1.52. The van der Waals surface area contributed by atoms with Crippen molar-refractivity contribution < 1.29 is 0 Å². The standard InChI is InChI=1S/C10H17N5/c1-5-7-8-9(14(4)13-7)15(6(2)3)10(11)12-8/h6H,5H2,1-4H3,(H2,11,12). The molecular weight excluding hydrogens is 190 g/mol. The van der Waals surface area contributed by atoms with Gasteiger partial charge in [0.2, 0.25) is 5.95 Å². The molecule has 2 heterocycles. The Bertz CT molecular complexity index is 491. The molecule has 0 atom stereocenters. The maximum Gasteiger partial charge on any atom is 0.202 e. The molecule has 0 bridgehead atoms. The van der Waals surface area contributed by atoms with Gasteiger partial charge in [-0.3, -0.25) is 9.25 Å². The first kappa shape index (κ1) is 10.0. The van der Waals surface area contributed by atoms with Crippen molar-refractivity contribution >= 4 is 17.1 Å². The summed E-state index contributed by atoms with van der Waals surface area (Å²) in [6.07, 6.45) is 0.881.